The molecule has 5 aromatic rings. The number of pyridine rings is 1. The maximum atomic E-state index is 14.2. The van der Waals surface area contributed by atoms with Gasteiger partial charge in [0.2, 0.25) is 5.91 Å². The number of carbonyl (C=O) groups is 1. The predicted molar refractivity (Wildman–Crippen MR) is 131 cm³/mol. The van der Waals surface area contributed by atoms with E-state index in [0.717, 1.165) is 28.0 Å². The molecule has 1 atom stereocenters. The van der Waals surface area contributed by atoms with Crippen LogP contribution in [-0.2, 0) is 4.79 Å². The minimum absolute atomic E-state index is 0.127. The van der Waals surface area contributed by atoms with E-state index >= 15 is 0 Å². The molecule has 0 saturated heterocycles. The number of fused-ring (bicyclic) bond motifs is 1. The van der Waals surface area contributed by atoms with Gasteiger partial charge in [-0.1, -0.05) is 78.9 Å². The molecule has 5 heteroatoms. The number of benzene rings is 3. The molecule has 168 valence electrons. The standard InChI is InChI=1S/C29H24FN3O/c30-24-15-9-14-23(18-24)25(26-20-31-27-16-7-8-17-33(26)27)19-28(34)32-29(21-10-3-1-4-11-21)22-12-5-2-6-13-22/h1-18,20,25,29H,19H2,(H,32,34). The number of amides is 1. The highest BCUT2D eigenvalue weighted by Crippen LogP contribution is 2.30. The van der Waals surface area contributed by atoms with Gasteiger partial charge in [-0.05, 0) is 41.0 Å². The van der Waals surface area contributed by atoms with Crippen LogP contribution in [0.1, 0.15) is 40.8 Å². The summed E-state index contributed by atoms with van der Waals surface area (Å²) in [7, 11) is 0. The Bertz CT molecular complexity index is 1360. The van der Waals surface area contributed by atoms with E-state index in [-0.39, 0.29) is 30.1 Å². The number of carbonyl (C=O) groups excluding carboxylic acids is 1. The van der Waals surface area contributed by atoms with Gasteiger partial charge in [0.15, 0.2) is 0 Å². The lowest BCUT2D eigenvalue weighted by Gasteiger charge is -2.22. The third-order valence-corrected chi connectivity index (χ3v) is 6.01. The Morgan fingerprint density at radius 3 is 2.15 bits per heavy atom. The molecule has 0 fully saturated rings. The lowest BCUT2D eigenvalue weighted by molar-refractivity contribution is -0.121. The fourth-order valence-corrected chi connectivity index (χ4v) is 4.38. The highest BCUT2D eigenvalue weighted by atomic mass is 19.1. The van der Waals surface area contributed by atoms with E-state index in [1.54, 1.807) is 12.3 Å². The van der Waals surface area contributed by atoms with Crippen molar-refractivity contribution in [3.05, 3.63) is 144 Å². The third kappa shape index (κ3) is 4.59. The average molecular weight is 450 g/mol. The average Bonchev–Trinajstić information content (AvgIpc) is 3.31. The van der Waals surface area contributed by atoms with Crippen molar-refractivity contribution in [3.63, 3.8) is 0 Å². The number of nitrogens with one attached hydrogen (secondary N) is 1. The summed E-state index contributed by atoms with van der Waals surface area (Å²) in [6.45, 7) is 0. The number of nitrogens with zero attached hydrogens (tertiary/aromatic N) is 2. The zero-order valence-electron chi connectivity index (χ0n) is 18.5. The highest BCUT2D eigenvalue weighted by molar-refractivity contribution is 5.78. The SMILES string of the molecule is O=C(CC(c1cccc(F)c1)c1cnc2ccccn12)NC(c1ccccc1)c1ccccc1. The largest absolute Gasteiger partial charge is 0.345 e. The van der Waals surface area contributed by atoms with Gasteiger partial charge in [-0.2, -0.15) is 0 Å². The van der Waals surface area contributed by atoms with Gasteiger partial charge >= 0.3 is 0 Å². The second-order valence-electron chi connectivity index (χ2n) is 8.25. The summed E-state index contributed by atoms with van der Waals surface area (Å²) in [6.07, 6.45) is 3.84. The Morgan fingerprint density at radius 1 is 0.824 bits per heavy atom. The summed E-state index contributed by atoms with van der Waals surface area (Å²) in [6, 6.07) is 31.7. The molecule has 5 rings (SSSR count). The van der Waals surface area contributed by atoms with Crippen LogP contribution in [0.2, 0.25) is 0 Å². The lowest BCUT2D eigenvalue weighted by Crippen LogP contribution is -2.30. The van der Waals surface area contributed by atoms with Gasteiger partial charge in [0.05, 0.1) is 11.7 Å². The van der Waals surface area contributed by atoms with Crippen LogP contribution in [-0.4, -0.2) is 15.3 Å². The van der Waals surface area contributed by atoms with E-state index in [4.69, 9.17) is 0 Å². The second kappa shape index (κ2) is 9.71. The van der Waals surface area contributed by atoms with Gasteiger partial charge in [0.1, 0.15) is 11.5 Å². The molecule has 4 nitrogen and oxygen atoms in total. The molecule has 0 aliphatic rings. The molecule has 1 amide bonds. The van der Waals surface area contributed by atoms with Gasteiger partial charge in [0.25, 0.3) is 0 Å². The van der Waals surface area contributed by atoms with E-state index in [1.807, 2.05) is 95.5 Å². The van der Waals surface area contributed by atoms with Crippen LogP contribution in [0.3, 0.4) is 0 Å². The number of halogens is 1. The molecule has 1 N–H and O–H groups in total. The molecule has 0 radical (unpaired) electrons. The van der Waals surface area contributed by atoms with Crippen molar-refractivity contribution in [2.24, 2.45) is 0 Å². The van der Waals surface area contributed by atoms with Crippen molar-refractivity contribution in [1.82, 2.24) is 14.7 Å². The minimum Gasteiger partial charge on any atom is -0.345 e. The van der Waals surface area contributed by atoms with Crippen LogP contribution in [0.25, 0.3) is 5.65 Å². The van der Waals surface area contributed by atoms with Crippen molar-refractivity contribution in [2.75, 3.05) is 0 Å². The quantitative estimate of drug-likeness (QED) is 0.336. The molecule has 34 heavy (non-hydrogen) atoms. The molecule has 1 unspecified atom stereocenters. The fourth-order valence-electron chi connectivity index (χ4n) is 4.38. The molecular weight excluding hydrogens is 425 g/mol. The van der Waals surface area contributed by atoms with Gasteiger partial charge in [-0.3, -0.25) is 4.79 Å². The normalized spacial score (nSPS) is 12.1. The number of aromatic nitrogens is 2. The summed E-state index contributed by atoms with van der Waals surface area (Å²) in [5.41, 5.74) is 4.35. The van der Waals surface area contributed by atoms with Crippen molar-refractivity contribution in [2.45, 2.75) is 18.4 Å². The molecule has 2 aromatic heterocycles. The summed E-state index contributed by atoms with van der Waals surface area (Å²) < 4.78 is 16.1. The van der Waals surface area contributed by atoms with Gasteiger partial charge in [-0.25, -0.2) is 9.37 Å². The molecule has 0 spiro atoms. The van der Waals surface area contributed by atoms with Crippen LogP contribution in [0.15, 0.2) is 116 Å². The molecule has 0 saturated carbocycles. The first-order valence-electron chi connectivity index (χ1n) is 11.3. The van der Waals surface area contributed by atoms with E-state index in [0.29, 0.717) is 0 Å². The van der Waals surface area contributed by atoms with Crippen molar-refractivity contribution in [1.29, 1.82) is 0 Å². The molecule has 0 bridgehead atoms. The zero-order chi connectivity index (χ0) is 23.3. The van der Waals surface area contributed by atoms with Crippen LogP contribution in [0.5, 0.6) is 0 Å². The Labute approximate surface area is 197 Å². The van der Waals surface area contributed by atoms with Crippen molar-refractivity contribution < 1.29 is 9.18 Å². The van der Waals surface area contributed by atoms with Crippen molar-refractivity contribution in [3.8, 4) is 0 Å². The number of rotatable bonds is 7. The molecular formula is C29H24FN3O. The predicted octanol–water partition coefficient (Wildman–Crippen LogP) is 5.90. The summed E-state index contributed by atoms with van der Waals surface area (Å²) in [4.78, 5) is 18.0. The Balaban J connectivity index is 1.49. The summed E-state index contributed by atoms with van der Waals surface area (Å²) >= 11 is 0. The lowest BCUT2D eigenvalue weighted by atomic mass is 9.91. The van der Waals surface area contributed by atoms with E-state index in [2.05, 4.69) is 10.3 Å². The Kier molecular flexibility index (Phi) is 6.17. The number of hydrogen-bond donors (Lipinski definition) is 1. The van der Waals surface area contributed by atoms with E-state index < -0.39 is 0 Å². The molecule has 0 aliphatic carbocycles. The van der Waals surface area contributed by atoms with Crippen LogP contribution >= 0.6 is 0 Å². The maximum Gasteiger partial charge on any atom is 0.221 e. The smallest absolute Gasteiger partial charge is 0.221 e. The van der Waals surface area contributed by atoms with Gasteiger partial charge in [-0.15, -0.1) is 0 Å². The molecule has 0 aliphatic heterocycles. The first kappa shape index (κ1) is 21.6. The van der Waals surface area contributed by atoms with Crippen LogP contribution in [0, 0.1) is 5.82 Å². The number of imidazole rings is 1. The van der Waals surface area contributed by atoms with Crippen LogP contribution < -0.4 is 5.32 Å². The van der Waals surface area contributed by atoms with E-state index in [9.17, 15) is 9.18 Å². The Morgan fingerprint density at radius 2 is 1.47 bits per heavy atom. The zero-order valence-corrected chi connectivity index (χ0v) is 18.5. The maximum absolute atomic E-state index is 14.2. The van der Waals surface area contributed by atoms with E-state index in [1.165, 1.54) is 12.1 Å². The third-order valence-electron chi connectivity index (χ3n) is 6.01. The Hall–Kier alpha value is -4.25. The molecule has 2 heterocycles. The molecule has 3 aromatic carbocycles. The van der Waals surface area contributed by atoms with Gasteiger partial charge < -0.3 is 9.72 Å². The summed E-state index contributed by atoms with van der Waals surface area (Å²) in [5, 5.41) is 3.21. The fraction of sp³-hybridized carbons (Fsp3) is 0.103. The monoisotopic (exact) mass is 449 g/mol. The van der Waals surface area contributed by atoms with Crippen molar-refractivity contribution >= 4 is 11.6 Å². The van der Waals surface area contributed by atoms with Crippen LogP contribution in [0.4, 0.5) is 4.39 Å². The topological polar surface area (TPSA) is 46.4 Å². The highest BCUT2D eigenvalue weighted by Gasteiger charge is 2.24. The minimum atomic E-state index is -0.361. The number of hydrogen-bond acceptors (Lipinski definition) is 2. The van der Waals surface area contributed by atoms with Gasteiger partial charge in [0, 0.05) is 24.7 Å². The second-order valence-corrected chi connectivity index (χ2v) is 8.25. The first-order valence-corrected chi connectivity index (χ1v) is 11.3. The first-order chi connectivity index (χ1) is 16.7. The summed E-state index contributed by atoms with van der Waals surface area (Å²) in [5.74, 6) is -0.818.